The number of aromatic hydroxyl groups is 1. The molecule has 0 saturated carbocycles. The molecule has 0 spiro atoms. The summed E-state index contributed by atoms with van der Waals surface area (Å²) in [7, 11) is 0. The van der Waals surface area contributed by atoms with E-state index >= 15 is 0 Å². The smallest absolute Gasteiger partial charge is 0.287 e. The zero-order valence-electron chi connectivity index (χ0n) is 7.91. The van der Waals surface area contributed by atoms with Crippen molar-refractivity contribution in [2.24, 2.45) is 0 Å². The van der Waals surface area contributed by atoms with E-state index in [0.29, 0.717) is 17.9 Å². The molecule has 2 aromatic rings. The summed E-state index contributed by atoms with van der Waals surface area (Å²) in [5.41, 5.74) is 1.54. The third-order valence-corrected chi connectivity index (χ3v) is 2.64. The van der Waals surface area contributed by atoms with Crippen molar-refractivity contribution in [3.05, 3.63) is 29.5 Å². The Morgan fingerprint density at radius 3 is 3.13 bits per heavy atom. The molecule has 0 bridgehead atoms. The second-order valence-electron chi connectivity index (χ2n) is 3.60. The number of phenolic OH excluding ortho intramolecular Hbond substituents is 1. The molecule has 15 heavy (non-hydrogen) atoms. The molecule has 4 nitrogen and oxygen atoms in total. The van der Waals surface area contributed by atoms with Gasteiger partial charge in [0.15, 0.2) is 5.76 Å². The number of amides is 1. The van der Waals surface area contributed by atoms with E-state index in [9.17, 15) is 9.90 Å². The number of furan rings is 1. The van der Waals surface area contributed by atoms with Crippen LogP contribution in [-0.4, -0.2) is 17.6 Å². The Balaban J connectivity index is 2.36. The van der Waals surface area contributed by atoms with E-state index in [4.69, 9.17) is 4.42 Å². The van der Waals surface area contributed by atoms with Crippen LogP contribution in [0, 0.1) is 0 Å². The van der Waals surface area contributed by atoms with Crippen LogP contribution in [0.5, 0.6) is 5.75 Å². The number of hydrogen-bond acceptors (Lipinski definition) is 3. The molecule has 2 N–H and O–H groups in total. The number of nitrogens with one attached hydrogen (secondary N) is 1. The minimum absolute atomic E-state index is 0.174. The largest absolute Gasteiger partial charge is 0.508 e. The zero-order chi connectivity index (χ0) is 10.4. The van der Waals surface area contributed by atoms with Crippen LogP contribution >= 0.6 is 0 Å². The van der Waals surface area contributed by atoms with Crippen LogP contribution in [0.2, 0.25) is 0 Å². The first-order chi connectivity index (χ1) is 7.25. The van der Waals surface area contributed by atoms with Crippen molar-refractivity contribution in [1.82, 2.24) is 5.32 Å². The molecule has 76 valence electrons. The monoisotopic (exact) mass is 203 g/mol. The lowest BCUT2D eigenvalue weighted by molar-refractivity contribution is 0.0919. The van der Waals surface area contributed by atoms with Gasteiger partial charge < -0.3 is 14.8 Å². The summed E-state index contributed by atoms with van der Waals surface area (Å²) < 4.78 is 5.43. The van der Waals surface area contributed by atoms with Gasteiger partial charge in [-0.3, -0.25) is 4.79 Å². The van der Waals surface area contributed by atoms with Crippen LogP contribution < -0.4 is 5.32 Å². The van der Waals surface area contributed by atoms with E-state index in [2.05, 4.69) is 5.32 Å². The molecular weight excluding hydrogens is 194 g/mol. The highest BCUT2D eigenvalue weighted by Crippen LogP contribution is 2.30. The van der Waals surface area contributed by atoms with Gasteiger partial charge in [0, 0.05) is 17.5 Å². The summed E-state index contributed by atoms with van der Waals surface area (Å²) in [6, 6.07) is 4.86. The molecule has 0 radical (unpaired) electrons. The van der Waals surface area contributed by atoms with E-state index in [-0.39, 0.29) is 11.7 Å². The van der Waals surface area contributed by atoms with Crippen LogP contribution in [0.1, 0.15) is 16.1 Å². The minimum atomic E-state index is -0.174. The van der Waals surface area contributed by atoms with E-state index in [1.54, 1.807) is 18.2 Å². The molecule has 1 aliphatic heterocycles. The first kappa shape index (κ1) is 8.35. The standard InChI is InChI=1S/C11H9NO3/c13-6-1-2-9-8(5-6)7-3-4-12-11(14)10(7)15-9/h1-2,5,13H,3-4H2,(H,12,14). The van der Waals surface area contributed by atoms with Gasteiger partial charge in [0.1, 0.15) is 11.3 Å². The maximum absolute atomic E-state index is 11.5. The van der Waals surface area contributed by atoms with Crippen LogP contribution in [0.15, 0.2) is 22.6 Å². The molecule has 1 aromatic carbocycles. The van der Waals surface area contributed by atoms with Crippen LogP contribution in [0.4, 0.5) is 0 Å². The maximum atomic E-state index is 11.5. The van der Waals surface area contributed by atoms with Gasteiger partial charge in [0.2, 0.25) is 0 Å². The summed E-state index contributed by atoms with van der Waals surface area (Å²) in [5.74, 6) is 0.394. The van der Waals surface area contributed by atoms with Crippen molar-refractivity contribution in [2.45, 2.75) is 6.42 Å². The normalized spacial score (nSPS) is 15.1. The topological polar surface area (TPSA) is 62.5 Å². The summed E-state index contributed by atoms with van der Waals surface area (Å²) in [6.45, 7) is 0.621. The number of carbonyl (C=O) groups excluding carboxylic acids is 1. The van der Waals surface area contributed by atoms with Gasteiger partial charge in [-0.2, -0.15) is 0 Å². The van der Waals surface area contributed by atoms with Gasteiger partial charge in [-0.1, -0.05) is 0 Å². The summed E-state index contributed by atoms with van der Waals surface area (Å²) in [4.78, 5) is 11.5. The van der Waals surface area contributed by atoms with E-state index in [0.717, 1.165) is 17.4 Å². The Morgan fingerprint density at radius 2 is 2.27 bits per heavy atom. The molecule has 0 unspecified atom stereocenters. The third-order valence-electron chi connectivity index (χ3n) is 2.64. The Morgan fingerprint density at radius 1 is 1.40 bits per heavy atom. The molecule has 1 aromatic heterocycles. The molecule has 0 fully saturated rings. The predicted molar refractivity (Wildman–Crippen MR) is 53.9 cm³/mol. The van der Waals surface area contributed by atoms with E-state index in [1.165, 1.54) is 0 Å². The van der Waals surface area contributed by atoms with Crippen molar-refractivity contribution >= 4 is 16.9 Å². The summed E-state index contributed by atoms with van der Waals surface area (Å²) in [5, 5.41) is 12.9. The second kappa shape index (κ2) is 2.76. The van der Waals surface area contributed by atoms with Gasteiger partial charge in [0.25, 0.3) is 5.91 Å². The van der Waals surface area contributed by atoms with E-state index < -0.39 is 0 Å². The number of benzene rings is 1. The fourth-order valence-corrected chi connectivity index (χ4v) is 1.95. The van der Waals surface area contributed by atoms with Crippen molar-refractivity contribution in [3.8, 4) is 5.75 Å². The number of carbonyl (C=O) groups is 1. The average molecular weight is 203 g/mol. The van der Waals surface area contributed by atoms with Crippen molar-refractivity contribution < 1.29 is 14.3 Å². The van der Waals surface area contributed by atoms with Gasteiger partial charge in [-0.05, 0) is 24.6 Å². The van der Waals surface area contributed by atoms with Crippen LogP contribution in [0.25, 0.3) is 11.0 Å². The molecule has 0 atom stereocenters. The van der Waals surface area contributed by atoms with Crippen molar-refractivity contribution in [3.63, 3.8) is 0 Å². The first-order valence-electron chi connectivity index (χ1n) is 4.78. The highest BCUT2D eigenvalue weighted by Gasteiger charge is 2.23. The molecule has 1 amide bonds. The second-order valence-corrected chi connectivity index (χ2v) is 3.60. The average Bonchev–Trinajstić information content (AvgIpc) is 2.58. The van der Waals surface area contributed by atoms with Gasteiger partial charge in [-0.15, -0.1) is 0 Å². The molecule has 4 heteroatoms. The van der Waals surface area contributed by atoms with Gasteiger partial charge in [-0.25, -0.2) is 0 Å². The lowest BCUT2D eigenvalue weighted by Crippen LogP contribution is -2.30. The zero-order valence-corrected chi connectivity index (χ0v) is 7.91. The number of hydrogen-bond donors (Lipinski definition) is 2. The predicted octanol–water partition coefficient (Wildman–Crippen LogP) is 1.42. The lowest BCUT2D eigenvalue weighted by Gasteiger charge is -2.10. The Kier molecular flexibility index (Phi) is 1.54. The van der Waals surface area contributed by atoms with Crippen LogP contribution in [0.3, 0.4) is 0 Å². The fourth-order valence-electron chi connectivity index (χ4n) is 1.95. The highest BCUT2D eigenvalue weighted by atomic mass is 16.3. The van der Waals surface area contributed by atoms with Crippen molar-refractivity contribution in [1.29, 1.82) is 0 Å². The Labute approximate surface area is 85.5 Å². The summed E-state index contributed by atoms with van der Waals surface area (Å²) >= 11 is 0. The molecule has 0 aliphatic carbocycles. The van der Waals surface area contributed by atoms with Gasteiger partial charge in [0.05, 0.1) is 0 Å². The molecule has 1 aliphatic rings. The molecule has 0 saturated heterocycles. The quantitative estimate of drug-likeness (QED) is 0.680. The maximum Gasteiger partial charge on any atom is 0.287 e. The number of phenols is 1. The number of rotatable bonds is 0. The molecule has 2 heterocycles. The SMILES string of the molecule is O=C1NCCc2c1oc1ccc(O)cc21. The van der Waals surface area contributed by atoms with Crippen molar-refractivity contribution in [2.75, 3.05) is 6.54 Å². The Hall–Kier alpha value is -1.97. The third kappa shape index (κ3) is 1.11. The minimum Gasteiger partial charge on any atom is -0.508 e. The van der Waals surface area contributed by atoms with Gasteiger partial charge >= 0.3 is 0 Å². The van der Waals surface area contributed by atoms with Crippen LogP contribution in [-0.2, 0) is 6.42 Å². The lowest BCUT2D eigenvalue weighted by atomic mass is 10.0. The Bertz CT molecular complexity index is 556. The fraction of sp³-hybridized carbons (Fsp3) is 0.182. The number of fused-ring (bicyclic) bond motifs is 3. The highest BCUT2D eigenvalue weighted by molar-refractivity contribution is 6.00. The molecule has 3 rings (SSSR count). The molecular formula is C11H9NO3. The summed E-state index contributed by atoms with van der Waals surface area (Å²) in [6.07, 6.45) is 0.748. The van der Waals surface area contributed by atoms with E-state index in [1.807, 2.05) is 0 Å². The first-order valence-corrected chi connectivity index (χ1v) is 4.78.